The van der Waals surface area contributed by atoms with E-state index in [1.807, 2.05) is 13.8 Å². The van der Waals surface area contributed by atoms with Gasteiger partial charge in [-0.15, -0.1) is 0 Å². The van der Waals surface area contributed by atoms with Crippen LogP contribution in [0.4, 0.5) is 0 Å². The Bertz CT molecular complexity index is 33.8. The van der Waals surface area contributed by atoms with Crippen LogP contribution in [0.2, 0.25) is 0 Å². The second-order valence-electron chi connectivity index (χ2n) is 2.20. The summed E-state index contributed by atoms with van der Waals surface area (Å²) < 4.78 is 4.83. The van der Waals surface area contributed by atoms with Crippen molar-refractivity contribution in [2.75, 3.05) is 13.2 Å². The number of hydrogen-bond donors (Lipinski definition) is 0. The summed E-state index contributed by atoms with van der Waals surface area (Å²) in [5.74, 6) is 0. The maximum absolute atomic E-state index is 4.83. The predicted molar refractivity (Wildman–Crippen MR) is 40.6 cm³/mol. The van der Waals surface area contributed by atoms with Gasteiger partial charge in [0.25, 0.3) is 0 Å². The summed E-state index contributed by atoms with van der Waals surface area (Å²) in [6, 6.07) is 0. The van der Waals surface area contributed by atoms with E-state index in [0.29, 0.717) is 0 Å². The van der Waals surface area contributed by atoms with Crippen LogP contribution in [0, 0.1) is 0 Å². The molecule has 56 valence electrons. The Morgan fingerprint density at radius 3 is 1.22 bits per heavy atom. The Balaban J connectivity index is 0.000000144. The minimum absolute atomic E-state index is 0.844. The van der Waals surface area contributed by atoms with Crippen LogP contribution in [0.1, 0.15) is 39.5 Å². The molecule has 0 aromatic heterocycles. The summed E-state index contributed by atoms with van der Waals surface area (Å²) in [6.45, 7) is 5.67. The van der Waals surface area contributed by atoms with E-state index in [1.165, 1.54) is 25.7 Å². The lowest BCUT2D eigenvalue weighted by Gasteiger charge is -2.05. The molecule has 0 spiro atoms. The molecule has 1 aliphatic carbocycles. The van der Waals surface area contributed by atoms with Crippen molar-refractivity contribution in [3.63, 3.8) is 0 Å². The van der Waals surface area contributed by atoms with E-state index in [-0.39, 0.29) is 0 Å². The van der Waals surface area contributed by atoms with Gasteiger partial charge in [0.05, 0.1) is 0 Å². The van der Waals surface area contributed by atoms with Gasteiger partial charge < -0.3 is 4.74 Å². The summed E-state index contributed by atoms with van der Waals surface area (Å²) in [5.41, 5.74) is 0. The monoisotopic (exact) mass is 130 g/mol. The molecule has 0 unspecified atom stereocenters. The van der Waals surface area contributed by atoms with Crippen LogP contribution in [-0.2, 0) is 4.74 Å². The highest BCUT2D eigenvalue weighted by Crippen LogP contribution is 2.15. The highest BCUT2D eigenvalue weighted by molar-refractivity contribution is 4.50. The average Bonchev–Trinajstić information content (AvgIpc) is 1.63. The van der Waals surface area contributed by atoms with Gasteiger partial charge in [-0.25, -0.2) is 0 Å². The lowest BCUT2D eigenvalue weighted by Crippen LogP contribution is -1.85. The molecular weight excluding hydrogens is 112 g/mol. The van der Waals surface area contributed by atoms with Crippen LogP contribution in [0.25, 0.3) is 0 Å². The fourth-order valence-corrected chi connectivity index (χ4v) is 0.454. The molecule has 1 rings (SSSR count). The van der Waals surface area contributed by atoms with Crippen LogP contribution in [0.15, 0.2) is 0 Å². The van der Waals surface area contributed by atoms with Crippen LogP contribution < -0.4 is 0 Å². The van der Waals surface area contributed by atoms with Crippen LogP contribution in [0.5, 0.6) is 0 Å². The maximum atomic E-state index is 4.83. The molecule has 1 saturated carbocycles. The topological polar surface area (TPSA) is 9.23 Å². The Kier molecular flexibility index (Phi) is 7.92. The van der Waals surface area contributed by atoms with E-state index >= 15 is 0 Å². The smallest absolute Gasteiger partial charge is 0.0437 e. The highest BCUT2D eigenvalue weighted by atomic mass is 16.5. The van der Waals surface area contributed by atoms with Crippen LogP contribution in [-0.4, -0.2) is 13.2 Å². The van der Waals surface area contributed by atoms with Crippen molar-refractivity contribution in [2.45, 2.75) is 39.5 Å². The van der Waals surface area contributed by atoms with Crippen molar-refractivity contribution in [3.05, 3.63) is 0 Å². The first-order valence-corrected chi connectivity index (χ1v) is 3.99. The van der Waals surface area contributed by atoms with Crippen molar-refractivity contribution in [1.82, 2.24) is 0 Å². The van der Waals surface area contributed by atoms with Crippen molar-refractivity contribution >= 4 is 0 Å². The first kappa shape index (κ1) is 8.96. The Morgan fingerprint density at radius 1 is 0.889 bits per heavy atom. The number of rotatable bonds is 2. The summed E-state index contributed by atoms with van der Waals surface area (Å²) in [7, 11) is 0. The van der Waals surface area contributed by atoms with Crippen molar-refractivity contribution in [1.29, 1.82) is 0 Å². The van der Waals surface area contributed by atoms with Gasteiger partial charge in [-0.2, -0.15) is 0 Å². The van der Waals surface area contributed by atoms with E-state index in [1.54, 1.807) is 0 Å². The molecule has 0 saturated heterocycles. The van der Waals surface area contributed by atoms with E-state index < -0.39 is 0 Å². The molecule has 0 heterocycles. The molecule has 0 N–H and O–H groups in total. The van der Waals surface area contributed by atoms with Crippen molar-refractivity contribution < 1.29 is 4.74 Å². The molecule has 1 fully saturated rings. The molecule has 0 bridgehead atoms. The van der Waals surface area contributed by atoms with Gasteiger partial charge in [0.2, 0.25) is 0 Å². The summed E-state index contributed by atoms with van der Waals surface area (Å²) in [4.78, 5) is 0. The molecule has 0 aromatic carbocycles. The van der Waals surface area contributed by atoms with Crippen LogP contribution >= 0.6 is 0 Å². The standard InChI is InChI=1S/C4H10O.C4H8/c1-3-5-4-2;1-2-4-3-1/h3-4H2,1-2H3;1-4H2. The second-order valence-corrected chi connectivity index (χ2v) is 2.20. The maximum Gasteiger partial charge on any atom is 0.0437 e. The van der Waals surface area contributed by atoms with Gasteiger partial charge >= 0.3 is 0 Å². The molecule has 1 heteroatoms. The molecule has 0 aromatic rings. The van der Waals surface area contributed by atoms with E-state index in [4.69, 9.17) is 4.74 Å². The van der Waals surface area contributed by atoms with Gasteiger partial charge in [0.1, 0.15) is 0 Å². The van der Waals surface area contributed by atoms with Crippen LogP contribution in [0.3, 0.4) is 0 Å². The zero-order valence-corrected chi connectivity index (χ0v) is 6.65. The molecular formula is C8H18O. The molecule has 0 aliphatic heterocycles. The molecule has 9 heavy (non-hydrogen) atoms. The Hall–Kier alpha value is -0.0400. The third-order valence-corrected chi connectivity index (χ3v) is 1.41. The predicted octanol–water partition coefficient (Wildman–Crippen LogP) is 2.60. The molecule has 0 radical (unpaired) electrons. The molecule has 0 amide bonds. The average molecular weight is 130 g/mol. The third kappa shape index (κ3) is 7.96. The van der Waals surface area contributed by atoms with Crippen molar-refractivity contribution in [2.24, 2.45) is 0 Å². The third-order valence-electron chi connectivity index (χ3n) is 1.41. The zero-order valence-electron chi connectivity index (χ0n) is 6.65. The summed E-state index contributed by atoms with van der Waals surface area (Å²) in [5, 5.41) is 0. The van der Waals surface area contributed by atoms with Gasteiger partial charge in [0, 0.05) is 13.2 Å². The lowest BCUT2D eigenvalue weighted by molar-refractivity contribution is 0.162. The normalized spacial score (nSPS) is 15.3. The number of hydrogen-bond acceptors (Lipinski definition) is 1. The molecule has 1 nitrogen and oxygen atoms in total. The molecule has 0 atom stereocenters. The first-order chi connectivity index (χ1) is 4.41. The lowest BCUT2D eigenvalue weighted by atomic mass is 10.0. The highest BCUT2D eigenvalue weighted by Gasteiger charge is 1.95. The minimum Gasteiger partial charge on any atom is -0.382 e. The van der Waals surface area contributed by atoms with Gasteiger partial charge in [-0.1, -0.05) is 25.7 Å². The fraction of sp³-hybridized carbons (Fsp3) is 1.00. The number of ether oxygens (including phenoxy) is 1. The Morgan fingerprint density at radius 2 is 1.22 bits per heavy atom. The van der Waals surface area contributed by atoms with Crippen molar-refractivity contribution in [3.8, 4) is 0 Å². The van der Waals surface area contributed by atoms with E-state index in [9.17, 15) is 0 Å². The zero-order chi connectivity index (χ0) is 6.95. The van der Waals surface area contributed by atoms with Gasteiger partial charge in [-0.3, -0.25) is 0 Å². The van der Waals surface area contributed by atoms with E-state index in [0.717, 1.165) is 13.2 Å². The fourth-order valence-electron chi connectivity index (χ4n) is 0.454. The summed E-state index contributed by atoms with van der Waals surface area (Å²) in [6.07, 6.45) is 6.00. The SMILES string of the molecule is C1CCC1.CCOCC. The Labute approximate surface area is 58.4 Å². The summed E-state index contributed by atoms with van der Waals surface area (Å²) >= 11 is 0. The van der Waals surface area contributed by atoms with E-state index in [2.05, 4.69) is 0 Å². The van der Waals surface area contributed by atoms with Gasteiger partial charge in [0.15, 0.2) is 0 Å². The first-order valence-electron chi connectivity index (χ1n) is 3.99. The minimum atomic E-state index is 0.844. The quantitative estimate of drug-likeness (QED) is 0.558. The van der Waals surface area contributed by atoms with Gasteiger partial charge in [-0.05, 0) is 13.8 Å². The molecule has 1 aliphatic rings. The second kappa shape index (κ2) is 7.96. The largest absolute Gasteiger partial charge is 0.382 e.